The molecule has 1 aromatic heterocycles. The van der Waals surface area contributed by atoms with Crippen LogP contribution in [0, 0.1) is 0 Å². The normalized spacial score (nSPS) is 10.8. The Morgan fingerprint density at radius 1 is 1.21 bits per heavy atom. The second-order valence-electron chi connectivity index (χ2n) is 3.53. The van der Waals surface area contributed by atoms with E-state index in [0.29, 0.717) is 0 Å². The van der Waals surface area contributed by atoms with Gasteiger partial charge in [-0.05, 0) is 19.3 Å². The minimum absolute atomic E-state index is 0.223. The molecule has 0 aliphatic carbocycles. The molecule has 0 fully saturated rings. The van der Waals surface area contributed by atoms with Gasteiger partial charge in [-0.1, -0.05) is 27.2 Å². The zero-order valence-electron chi connectivity index (χ0n) is 9.38. The molecule has 0 unspecified atom stereocenters. The van der Waals surface area contributed by atoms with Crippen molar-refractivity contribution < 1.29 is 5.11 Å². The van der Waals surface area contributed by atoms with E-state index in [1.54, 1.807) is 0 Å². The van der Waals surface area contributed by atoms with Crippen molar-refractivity contribution in [1.29, 1.82) is 0 Å². The molecule has 0 saturated carbocycles. The average Bonchev–Trinajstić information content (AvgIpc) is 2.50. The number of nitrogens with zero attached hydrogens (tertiary/aromatic N) is 2. The lowest BCUT2D eigenvalue weighted by Crippen LogP contribution is -2.05. The van der Waals surface area contributed by atoms with Gasteiger partial charge in [0.15, 0.2) is 0 Å². The topological polar surface area (TPSA) is 38.0 Å². The highest BCUT2D eigenvalue weighted by Gasteiger charge is 2.13. The molecule has 0 spiro atoms. The van der Waals surface area contributed by atoms with Gasteiger partial charge in [0, 0.05) is 17.8 Å². The van der Waals surface area contributed by atoms with Crippen LogP contribution in [0.15, 0.2) is 0 Å². The van der Waals surface area contributed by atoms with Gasteiger partial charge in [-0.2, -0.15) is 0 Å². The fraction of sp³-hybridized carbons (Fsp3) is 0.727. The summed E-state index contributed by atoms with van der Waals surface area (Å²) in [7, 11) is 0. The Hall–Kier alpha value is -0.990. The molecule has 1 aromatic rings. The first kappa shape index (κ1) is 11.1. The van der Waals surface area contributed by atoms with Crippen molar-refractivity contribution in [1.82, 2.24) is 9.78 Å². The Labute approximate surface area is 85.8 Å². The SMILES string of the molecule is CCCCn1nc(O)c(CC)c1CC. The van der Waals surface area contributed by atoms with Gasteiger partial charge in [0.25, 0.3) is 0 Å². The standard InChI is InChI=1S/C11H20N2O/c1-4-7-8-13-10(6-3)9(5-2)11(14)12-13/h4-8H2,1-3H3,(H,12,14). The molecular formula is C11H20N2O. The Kier molecular flexibility index (Phi) is 3.98. The van der Waals surface area contributed by atoms with E-state index in [2.05, 4.69) is 25.9 Å². The number of aromatic hydroxyl groups is 1. The van der Waals surface area contributed by atoms with Crippen molar-refractivity contribution in [3.63, 3.8) is 0 Å². The van der Waals surface area contributed by atoms with Crippen LogP contribution in [-0.4, -0.2) is 14.9 Å². The molecule has 3 heteroatoms. The molecule has 80 valence electrons. The first-order valence-corrected chi connectivity index (χ1v) is 5.52. The molecule has 0 aliphatic heterocycles. The smallest absolute Gasteiger partial charge is 0.233 e. The summed E-state index contributed by atoms with van der Waals surface area (Å²) in [6.45, 7) is 7.25. The molecule has 0 amide bonds. The van der Waals surface area contributed by atoms with Gasteiger partial charge in [-0.25, -0.2) is 0 Å². The van der Waals surface area contributed by atoms with Crippen LogP contribution in [0.1, 0.15) is 44.9 Å². The summed E-state index contributed by atoms with van der Waals surface area (Å²) in [6, 6.07) is 0. The molecule has 0 bridgehead atoms. The predicted molar refractivity (Wildman–Crippen MR) is 57.6 cm³/mol. The molecule has 14 heavy (non-hydrogen) atoms. The number of hydrogen-bond acceptors (Lipinski definition) is 2. The molecule has 0 aliphatic rings. The third-order valence-corrected chi connectivity index (χ3v) is 2.56. The summed E-state index contributed by atoms with van der Waals surface area (Å²) in [6.07, 6.45) is 4.09. The van der Waals surface area contributed by atoms with Crippen LogP contribution in [0.25, 0.3) is 0 Å². The number of rotatable bonds is 5. The maximum absolute atomic E-state index is 9.61. The Morgan fingerprint density at radius 3 is 2.43 bits per heavy atom. The van der Waals surface area contributed by atoms with E-state index in [4.69, 9.17) is 0 Å². The molecule has 0 radical (unpaired) electrons. The minimum atomic E-state index is 0.223. The molecular weight excluding hydrogens is 176 g/mol. The summed E-state index contributed by atoms with van der Waals surface area (Å²) in [5.41, 5.74) is 2.21. The van der Waals surface area contributed by atoms with E-state index in [1.807, 2.05) is 4.68 Å². The molecule has 0 aromatic carbocycles. The van der Waals surface area contributed by atoms with E-state index >= 15 is 0 Å². The Bertz CT molecular complexity index is 292. The van der Waals surface area contributed by atoms with Crippen LogP contribution in [0.2, 0.25) is 0 Å². The van der Waals surface area contributed by atoms with Gasteiger partial charge in [-0.3, -0.25) is 4.68 Å². The van der Waals surface area contributed by atoms with Crippen molar-refractivity contribution >= 4 is 0 Å². The predicted octanol–water partition coefficient (Wildman–Crippen LogP) is 2.51. The van der Waals surface area contributed by atoms with Gasteiger partial charge < -0.3 is 5.11 Å². The van der Waals surface area contributed by atoms with Gasteiger partial charge in [-0.15, -0.1) is 5.10 Å². The lowest BCUT2D eigenvalue weighted by atomic mass is 10.1. The summed E-state index contributed by atoms with van der Waals surface area (Å²) < 4.78 is 1.96. The van der Waals surface area contributed by atoms with Crippen LogP contribution >= 0.6 is 0 Å². The maximum Gasteiger partial charge on any atom is 0.233 e. The summed E-state index contributed by atoms with van der Waals surface area (Å²) >= 11 is 0. The second-order valence-corrected chi connectivity index (χ2v) is 3.53. The number of aryl methyl sites for hydroxylation is 1. The van der Waals surface area contributed by atoms with Gasteiger partial charge in [0.05, 0.1) is 0 Å². The van der Waals surface area contributed by atoms with Gasteiger partial charge in [0.2, 0.25) is 5.88 Å². The molecule has 3 nitrogen and oxygen atoms in total. The van der Waals surface area contributed by atoms with E-state index in [9.17, 15) is 5.11 Å². The molecule has 1 N–H and O–H groups in total. The van der Waals surface area contributed by atoms with Crippen LogP contribution in [0.5, 0.6) is 5.88 Å². The number of hydrogen-bond donors (Lipinski definition) is 1. The van der Waals surface area contributed by atoms with Crippen molar-refractivity contribution in [3.8, 4) is 5.88 Å². The Balaban J connectivity index is 2.92. The fourth-order valence-electron chi connectivity index (χ4n) is 1.77. The Morgan fingerprint density at radius 2 is 1.93 bits per heavy atom. The molecule has 1 rings (SSSR count). The fourth-order valence-corrected chi connectivity index (χ4v) is 1.77. The minimum Gasteiger partial charge on any atom is -0.492 e. The summed E-state index contributed by atoms with van der Waals surface area (Å²) in [5, 5.41) is 13.8. The zero-order valence-corrected chi connectivity index (χ0v) is 9.38. The van der Waals surface area contributed by atoms with Crippen LogP contribution in [-0.2, 0) is 19.4 Å². The van der Waals surface area contributed by atoms with Crippen LogP contribution in [0.4, 0.5) is 0 Å². The second kappa shape index (κ2) is 5.03. The summed E-state index contributed by atoms with van der Waals surface area (Å²) in [5.74, 6) is 0.223. The first-order valence-electron chi connectivity index (χ1n) is 5.52. The zero-order chi connectivity index (χ0) is 10.6. The van der Waals surface area contributed by atoms with E-state index in [0.717, 1.165) is 37.8 Å². The maximum atomic E-state index is 9.61. The average molecular weight is 196 g/mol. The largest absolute Gasteiger partial charge is 0.492 e. The van der Waals surface area contributed by atoms with Crippen LogP contribution < -0.4 is 0 Å². The van der Waals surface area contributed by atoms with E-state index < -0.39 is 0 Å². The van der Waals surface area contributed by atoms with Crippen molar-refractivity contribution in [2.24, 2.45) is 0 Å². The van der Waals surface area contributed by atoms with E-state index in [1.165, 1.54) is 5.69 Å². The van der Waals surface area contributed by atoms with Crippen molar-refractivity contribution in [2.45, 2.75) is 53.0 Å². The van der Waals surface area contributed by atoms with Gasteiger partial charge >= 0.3 is 0 Å². The first-order chi connectivity index (χ1) is 6.74. The van der Waals surface area contributed by atoms with E-state index in [-0.39, 0.29) is 5.88 Å². The highest BCUT2D eigenvalue weighted by molar-refractivity contribution is 5.30. The monoisotopic (exact) mass is 196 g/mol. The number of unbranched alkanes of at least 4 members (excludes halogenated alkanes) is 1. The van der Waals surface area contributed by atoms with Crippen LogP contribution in [0.3, 0.4) is 0 Å². The highest BCUT2D eigenvalue weighted by Crippen LogP contribution is 2.21. The summed E-state index contributed by atoms with van der Waals surface area (Å²) in [4.78, 5) is 0. The van der Waals surface area contributed by atoms with Gasteiger partial charge in [0.1, 0.15) is 0 Å². The molecule has 0 atom stereocenters. The lowest BCUT2D eigenvalue weighted by molar-refractivity contribution is 0.430. The third-order valence-electron chi connectivity index (χ3n) is 2.56. The lowest BCUT2D eigenvalue weighted by Gasteiger charge is -2.05. The quantitative estimate of drug-likeness (QED) is 0.785. The molecule has 0 saturated heterocycles. The molecule has 1 heterocycles. The highest BCUT2D eigenvalue weighted by atomic mass is 16.3. The third kappa shape index (κ3) is 2.08. The number of aromatic nitrogens is 2. The van der Waals surface area contributed by atoms with Crippen molar-refractivity contribution in [3.05, 3.63) is 11.3 Å². The van der Waals surface area contributed by atoms with Crippen molar-refractivity contribution in [2.75, 3.05) is 0 Å².